The van der Waals surface area contributed by atoms with Gasteiger partial charge in [0, 0.05) is 0 Å². The molecule has 2 aliphatic heterocycles. The third-order valence-corrected chi connectivity index (χ3v) is 9.88. The van der Waals surface area contributed by atoms with E-state index in [-0.39, 0.29) is 12.1 Å². The van der Waals surface area contributed by atoms with Gasteiger partial charge in [0.15, 0.2) is 0 Å². The highest BCUT2D eigenvalue weighted by Crippen LogP contribution is 2.37. The number of benzene rings is 4. The molecule has 4 aromatic rings. The van der Waals surface area contributed by atoms with Crippen molar-refractivity contribution in [3.8, 4) is 0 Å². The maximum absolute atomic E-state index is 4.08. The number of likely N-dealkylation sites (tertiary alicyclic amines) is 2. The zero-order chi connectivity index (χ0) is 30.5. The first kappa shape index (κ1) is 31.7. The van der Waals surface area contributed by atoms with Crippen LogP contribution in [0, 0.1) is 0 Å². The molecule has 2 saturated heterocycles. The minimum Gasteiger partial charge on any atom is -0.308 e. The van der Waals surface area contributed by atoms with Crippen LogP contribution in [-0.2, 0) is 0 Å². The predicted molar refractivity (Wildman–Crippen MR) is 188 cm³/mol. The smallest absolute Gasteiger partial charge is 0.0543 e. The minimum atomic E-state index is 0.238. The van der Waals surface area contributed by atoms with Crippen LogP contribution in [-0.4, -0.2) is 49.1 Å². The van der Waals surface area contributed by atoms with Crippen molar-refractivity contribution in [2.75, 3.05) is 39.3 Å². The van der Waals surface area contributed by atoms with E-state index in [0.717, 1.165) is 19.5 Å². The fraction of sp³-hybridized carbons (Fsp3) is 0.415. The van der Waals surface area contributed by atoms with Gasteiger partial charge in [-0.2, -0.15) is 0 Å². The number of nitrogens with one attached hydrogen (secondary N) is 2. The first-order valence-corrected chi connectivity index (χ1v) is 17.5. The van der Waals surface area contributed by atoms with Crippen molar-refractivity contribution in [1.29, 1.82) is 0 Å². The van der Waals surface area contributed by atoms with Crippen LogP contribution in [0.4, 0.5) is 0 Å². The summed E-state index contributed by atoms with van der Waals surface area (Å²) >= 11 is 0. The van der Waals surface area contributed by atoms with Gasteiger partial charge in [-0.15, -0.1) is 0 Å². The molecule has 0 saturated carbocycles. The summed E-state index contributed by atoms with van der Waals surface area (Å²) in [5.41, 5.74) is 5.58. The summed E-state index contributed by atoms with van der Waals surface area (Å²) < 4.78 is 0. The van der Waals surface area contributed by atoms with Crippen LogP contribution >= 0.6 is 0 Å². The van der Waals surface area contributed by atoms with Crippen molar-refractivity contribution in [1.82, 2.24) is 20.4 Å². The lowest BCUT2D eigenvalue weighted by Crippen LogP contribution is -2.43. The van der Waals surface area contributed by atoms with Crippen LogP contribution in [0.3, 0.4) is 0 Å². The fourth-order valence-corrected chi connectivity index (χ4v) is 7.67. The molecule has 0 spiro atoms. The molecule has 236 valence electrons. The van der Waals surface area contributed by atoms with E-state index in [1.54, 1.807) is 0 Å². The number of hydrogen-bond acceptors (Lipinski definition) is 4. The number of rotatable bonds is 14. The molecule has 0 bridgehead atoms. The molecule has 2 fully saturated rings. The van der Waals surface area contributed by atoms with Crippen LogP contribution in [0.15, 0.2) is 121 Å². The minimum absolute atomic E-state index is 0.238. The second-order valence-corrected chi connectivity index (χ2v) is 12.9. The molecule has 2 heterocycles. The Labute approximate surface area is 271 Å². The first-order valence-electron chi connectivity index (χ1n) is 17.5. The molecule has 45 heavy (non-hydrogen) atoms. The van der Waals surface area contributed by atoms with E-state index in [2.05, 4.69) is 142 Å². The lowest BCUT2D eigenvalue weighted by molar-refractivity contribution is 0.126. The Hall–Kier alpha value is -3.28. The van der Waals surface area contributed by atoms with E-state index in [4.69, 9.17) is 0 Å². The maximum atomic E-state index is 4.08. The Morgan fingerprint density at radius 2 is 0.711 bits per heavy atom. The van der Waals surface area contributed by atoms with Crippen LogP contribution in [0.1, 0.15) is 91.4 Å². The van der Waals surface area contributed by atoms with Crippen LogP contribution in [0.5, 0.6) is 0 Å². The number of nitrogens with zero attached hydrogens (tertiary/aromatic N) is 2. The molecule has 4 atom stereocenters. The van der Waals surface area contributed by atoms with Gasteiger partial charge in [0.2, 0.25) is 0 Å². The summed E-state index contributed by atoms with van der Waals surface area (Å²) in [5, 5.41) is 8.16. The standard InChI is InChI=1S/C41H52N4/c1-7-20-34(21-8-1)38(40(36-24-11-3-12-25-36)44-30-15-5-16-31-44)42-28-19-29-43-39(35-22-9-2-10-23-35)41(37-26-13-4-14-27-37)45-32-17-6-18-33-45/h1-4,7-14,20-27,38-43H,5-6,15-19,28-33H2/t38-,39-,40+,41+/m0/s1. The monoisotopic (exact) mass is 600 g/mol. The maximum Gasteiger partial charge on any atom is 0.0543 e. The van der Waals surface area contributed by atoms with Gasteiger partial charge in [-0.25, -0.2) is 0 Å². The largest absolute Gasteiger partial charge is 0.308 e. The molecular formula is C41H52N4. The molecule has 0 aromatic heterocycles. The van der Waals surface area contributed by atoms with Gasteiger partial charge in [-0.1, -0.05) is 134 Å². The number of hydrogen-bond donors (Lipinski definition) is 2. The van der Waals surface area contributed by atoms with Gasteiger partial charge in [-0.3, -0.25) is 9.80 Å². The van der Waals surface area contributed by atoms with Crippen molar-refractivity contribution in [3.05, 3.63) is 144 Å². The Morgan fingerprint density at radius 1 is 0.400 bits per heavy atom. The Bertz CT molecular complexity index is 1250. The third kappa shape index (κ3) is 8.51. The quantitative estimate of drug-likeness (QED) is 0.142. The molecule has 0 aliphatic carbocycles. The topological polar surface area (TPSA) is 30.5 Å². The van der Waals surface area contributed by atoms with Crippen LogP contribution in [0.2, 0.25) is 0 Å². The summed E-state index contributed by atoms with van der Waals surface area (Å²) in [7, 11) is 0. The summed E-state index contributed by atoms with van der Waals surface area (Å²) in [6, 6.07) is 45.8. The Kier molecular flexibility index (Phi) is 11.9. The van der Waals surface area contributed by atoms with Gasteiger partial charge in [0.25, 0.3) is 0 Å². The summed E-state index contributed by atoms with van der Waals surface area (Å²) in [6.07, 6.45) is 8.90. The van der Waals surface area contributed by atoms with Crippen molar-refractivity contribution >= 4 is 0 Å². The molecular weight excluding hydrogens is 548 g/mol. The third-order valence-electron chi connectivity index (χ3n) is 9.88. The second-order valence-electron chi connectivity index (χ2n) is 12.9. The second kappa shape index (κ2) is 16.9. The Balaban J connectivity index is 1.19. The SMILES string of the molecule is c1ccc([C@H]([C@@H](NCCCN[C@@H](c2ccccc2)[C@@H](c2ccccc2)N2CCCCC2)c2ccccc2)N2CCCCC2)cc1. The van der Waals surface area contributed by atoms with Gasteiger partial charge in [-0.05, 0) is 93.6 Å². The lowest BCUT2D eigenvalue weighted by Gasteiger charge is -2.41. The molecule has 0 radical (unpaired) electrons. The summed E-state index contributed by atoms with van der Waals surface area (Å²) in [6.45, 7) is 6.60. The highest BCUT2D eigenvalue weighted by atomic mass is 15.2. The van der Waals surface area contributed by atoms with Crippen LogP contribution < -0.4 is 10.6 Å². The normalized spacial score (nSPS) is 19.0. The molecule has 0 amide bonds. The van der Waals surface area contributed by atoms with Crippen LogP contribution in [0.25, 0.3) is 0 Å². The van der Waals surface area contributed by atoms with Crippen molar-refractivity contribution in [2.45, 2.75) is 69.1 Å². The zero-order valence-electron chi connectivity index (χ0n) is 26.9. The molecule has 0 unspecified atom stereocenters. The van der Waals surface area contributed by atoms with Crippen molar-refractivity contribution in [3.63, 3.8) is 0 Å². The predicted octanol–water partition coefficient (Wildman–Crippen LogP) is 8.49. The first-order chi connectivity index (χ1) is 22.4. The summed E-state index contributed by atoms with van der Waals surface area (Å²) in [4.78, 5) is 5.46. The van der Waals surface area contributed by atoms with Gasteiger partial charge >= 0.3 is 0 Å². The zero-order valence-corrected chi connectivity index (χ0v) is 26.9. The molecule has 2 N–H and O–H groups in total. The highest BCUT2D eigenvalue weighted by Gasteiger charge is 2.32. The average Bonchev–Trinajstić information content (AvgIpc) is 3.13. The lowest BCUT2D eigenvalue weighted by atomic mass is 9.90. The van der Waals surface area contributed by atoms with Gasteiger partial charge < -0.3 is 10.6 Å². The average molecular weight is 601 g/mol. The van der Waals surface area contributed by atoms with Gasteiger partial charge in [0.1, 0.15) is 0 Å². The Morgan fingerprint density at radius 3 is 1.04 bits per heavy atom. The summed E-state index contributed by atoms with van der Waals surface area (Å²) in [5.74, 6) is 0. The van der Waals surface area contributed by atoms with E-state index in [1.165, 1.54) is 87.0 Å². The molecule has 4 nitrogen and oxygen atoms in total. The van der Waals surface area contributed by atoms with Crippen molar-refractivity contribution in [2.24, 2.45) is 0 Å². The van der Waals surface area contributed by atoms with E-state index in [9.17, 15) is 0 Å². The molecule has 2 aliphatic rings. The molecule has 4 heteroatoms. The highest BCUT2D eigenvalue weighted by molar-refractivity contribution is 5.29. The van der Waals surface area contributed by atoms with Crippen molar-refractivity contribution < 1.29 is 0 Å². The van der Waals surface area contributed by atoms with E-state index < -0.39 is 0 Å². The van der Waals surface area contributed by atoms with E-state index in [0.29, 0.717) is 12.1 Å². The van der Waals surface area contributed by atoms with E-state index >= 15 is 0 Å². The van der Waals surface area contributed by atoms with Gasteiger partial charge in [0.05, 0.1) is 24.2 Å². The fourth-order valence-electron chi connectivity index (χ4n) is 7.67. The molecule has 6 rings (SSSR count). The van der Waals surface area contributed by atoms with E-state index in [1.807, 2.05) is 0 Å². The number of piperidine rings is 2. The molecule has 4 aromatic carbocycles.